The van der Waals surface area contributed by atoms with Crippen molar-refractivity contribution in [3.63, 3.8) is 0 Å². The lowest BCUT2D eigenvalue weighted by atomic mass is 9.79. The molecule has 2 unspecified atom stereocenters. The summed E-state index contributed by atoms with van der Waals surface area (Å²) in [5, 5.41) is 0. The minimum absolute atomic E-state index is 0.0641. The van der Waals surface area contributed by atoms with Crippen LogP contribution in [-0.2, 0) is 19.1 Å². The van der Waals surface area contributed by atoms with Crippen molar-refractivity contribution >= 4 is 11.9 Å². The Kier molecular flexibility index (Phi) is 12.0. The number of esters is 2. The van der Waals surface area contributed by atoms with Gasteiger partial charge in [0.15, 0.2) is 0 Å². The fourth-order valence-corrected chi connectivity index (χ4v) is 4.69. The van der Waals surface area contributed by atoms with Gasteiger partial charge in [0.25, 0.3) is 0 Å². The van der Waals surface area contributed by atoms with Crippen LogP contribution in [0.25, 0.3) is 0 Å². The van der Waals surface area contributed by atoms with E-state index in [1.54, 1.807) is 0 Å². The molecule has 1 rings (SSSR count). The van der Waals surface area contributed by atoms with Crippen molar-refractivity contribution in [2.75, 3.05) is 0 Å². The van der Waals surface area contributed by atoms with Crippen LogP contribution in [0.2, 0.25) is 0 Å². The third kappa shape index (κ3) is 10.3. The molecule has 1 aliphatic carbocycles. The monoisotopic (exact) mass is 424 g/mol. The van der Waals surface area contributed by atoms with Crippen molar-refractivity contribution in [1.29, 1.82) is 0 Å². The van der Waals surface area contributed by atoms with Gasteiger partial charge in [-0.05, 0) is 62.2 Å². The Morgan fingerprint density at radius 1 is 0.600 bits per heavy atom. The molecule has 0 radical (unpaired) electrons. The Bertz CT molecular complexity index is 443. The van der Waals surface area contributed by atoms with Crippen LogP contribution in [0.4, 0.5) is 0 Å². The van der Waals surface area contributed by atoms with Crippen LogP contribution >= 0.6 is 0 Å². The fourth-order valence-electron chi connectivity index (χ4n) is 4.69. The first kappa shape index (κ1) is 27.0. The summed E-state index contributed by atoms with van der Waals surface area (Å²) in [5.41, 5.74) is 0. The number of rotatable bonds is 12. The van der Waals surface area contributed by atoms with Gasteiger partial charge in [-0.3, -0.25) is 9.59 Å². The molecule has 0 amide bonds. The first-order valence-electron chi connectivity index (χ1n) is 12.4. The molecule has 30 heavy (non-hydrogen) atoms. The van der Waals surface area contributed by atoms with E-state index in [0.717, 1.165) is 51.4 Å². The second kappa shape index (κ2) is 13.4. The molecule has 0 aliphatic heterocycles. The van der Waals surface area contributed by atoms with E-state index in [2.05, 4.69) is 55.4 Å². The van der Waals surface area contributed by atoms with Crippen LogP contribution in [0.1, 0.15) is 107 Å². The third-order valence-corrected chi connectivity index (χ3v) is 5.87. The maximum atomic E-state index is 13.1. The highest BCUT2D eigenvalue weighted by Crippen LogP contribution is 2.34. The van der Waals surface area contributed by atoms with Crippen LogP contribution in [0.3, 0.4) is 0 Å². The summed E-state index contributed by atoms with van der Waals surface area (Å²) in [4.78, 5) is 26.2. The van der Waals surface area contributed by atoms with E-state index in [4.69, 9.17) is 9.47 Å². The van der Waals surface area contributed by atoms with Crippen LogP contribution in [0.5, 0.6) is 0 Å². The summed E-state index contributed by atoms with van der Waals surface area (Å²) in [7, 11) is 0. The van der Waals surface area contributed by atoms with Gasteiger partial charge in [-0.25, -0.2) is 0 Å². The van der Waals surface area contributed by atoms with E-state index < -0.39 is 0 Å². The van der Waals surface area contributed by atoms with E-state index in [9.17, 15) is 9.59 Å². The first-order valence-corrected chi connectivity index (χ1v) is 12.4. The molecule has 1 fully saturated rings. The molecule has 4 nitrogen and oxygen atoms in total. The second-order valence-electron chi connectivity index (χ2n) is 11.1. The lowest BCUT2D eigenvalue weighted by Crippen LogP contribution is -2.38. The van der Waals surface area contributed by atoms with Crippen LogP contribution in [0.15, 0.2) is 0 Å². The number of ether oxygens (including phenoxy) is 2. The van der Waals surface area contributed by atoms with Crippen LogP contribution in [0, 0.1) is 35.5 Å². The molecule has 0 spiro atoms. The normalized spacial score (nSPS) is 20.1. The second-order valence-corrected chi connectivity index (χ2v) is 11.1. The van der Waals surface area contributed by atoms with E-state index in [1.165, 1.54) is 0 Å². The molecule has 0 bridgehead atoms. The van der Waals surface area contributed by atoms with Gasteiger partial charge < -0.3 is 9.47 Å². The largest absolute Gasteiger partial charge is 0.462 e. The number of carbonyl (C=O) groups is 2. The van der Waals surface area contributed by atoms with Gasteiger partial charge in [0, 0.05) is 0 Å². The molecule has 0 N–H and O–H groups in total. The predicted molar refractivity (Wildman–Crippen MR) is 123 cm³/mol. The molecular formula is C26H48O4. The molecule has 4 heteroatoms. The van der Waals surface area contributed by atoms with E-state index in [-0.39, 0.29) is 36.0 Å². The maximum absolute atomic E-state index is 13.1. The number of carbonyl (C=O) groups excluding carboxylic acids is 2. The fraction of sp³-hybridized carbons (Fsp3) is 0.923. The highest BCUT2D eigenvalue weighted by Gasteiger charge is 2.39. The third-order valence-electron chi connectivity index (χ3n) is 5.87. The van der Waals surface area contributed by atoms with Crippen LogP contribution in [-0.4, -0.2) is 24.1 Å². The highest BCUT2D eigenvalue weighted by atomic mass is 16.6. The summed E-state index contributed by atoms with van der Waals surface area (Å²) in [5.74, 6) is 0.809. The minimum atomic E-state index is -0.355. The van der Waals surface area contributed by atoms with Gasteiger partial charge in [0.1, 0.15) is 12.2 Å². The molecule has 1 aliphatic rings. The van der Waals surface area contributed by atoms with E-state index in [0.29, 0.717) is 23.7 Å². The quantitative estimate of drug-likeness (QED) is 0.323. The zero-order valence-corrected chi connectivity index (χ0v) is 20.9. The topological polar surface area (TPSA) is 52.6 Å². The van der Waals surface area contributed by atoms with Gasteiger partial charge in [0.05, 0.1) is 11.8 Å². The smallest absolute Gasteiger partial charge is 0.310 e. The van der Waals surface area contributed by atoms with Crippen LogP contribution < -0.4 is 0 Å². The Balaban J connectivity index is 2.83. The number of hydrogen-bond donors (Lipinski definition) is 0. The van der Waals surface area contributed by atoms with Crippen molar-refractivity contribution in [2.45, 2.75) is 119 Å². The SMILES string of the molecule is CC(C)CC(CC(C)C)OC(=O)C1CCCCC1C(=O)OC(CC(C)C)CC(C)C. The summed E-state index contributed by atoms with van der Waals surface area (Å²) < 4.78 is 12.0. The first-order chi connectivity index (χ1) is 14.0. The minimum Gasteiger partial charge on any atom is -0.462 e. The molecule has 1 saturated carbocycles. The molecule has 0 saturated heterocycles. The molecule has 0 aromatic carbocycles. The van der Waals surface area contributed by atoms with Gasteiger partial charge in [-0.1, -0.05) is 68.2 Å². The zero-order valence-electron chi connectivity index (χ0n) is 20.9. The Morgan fingerprint density at radius 2 is 0.867 bits per heavy atom. The van der Waals surface area contributed by atoms with Gasteiger partial charge in [-0.2, -0.15) is 0 Å². The summed E-state index contributed by atoms with van der Waals surface area (Å²) in [6.07, 6.45) is 6.77. The van der Waals surface area contributed by atoms with E-state index >= 15 is 0 Å². The van der Waals surface area contributed by atoms with Gasteiger partial charge in [-0.15, -0.1) is 0 Å². The zero-order chi connectivity index (χ0) is 22.8. The molecule has 0 heterocycles. The molecule has 0 aromatic heterocycles. The summed E-state index contributed by atoms with van der Waals surface area (Å²) in [6, 6.07) is 0. The maximum Gasteiger partial charge on any atom is 0.310 e. The number of hydrogen-bond acceptors (Lipinski definition) is 4. The molecule has 176 valence electrons. The Labute approximate surface area is 185 Å². The molecule has 2 atom stereocenters. The average molecular weight is 425 g/mol. The van der Waals surface area contributed by atoms with Crippen molar-refractivity contribution in [3.8, 4) is 0 Å². The standard InChI is InChI=1S/C26H48O4/c1-17(2)13-21(14-18(3)4)29-25(27)23-11-9-10-12-24(23)26(28)30-22(15-19(5)6)16-20(7)8/h17-24H,9-16H2,1-8H3. The van der Waals surface area contributed by atoms with Crippen molar-refractivity contribution in [2.24, 2.45) is 35.5 Å². The lowest BCUT2D eigenvalue weighted by molar-refractivity contribution is -0.170. The average Bonchev–Trinajstić information content (AvgIpc) is 2.59. The Morgan fingerprint density at radius 3 is 1.10 bits per heavy atom. The predicted octanol–water partition coefficient (Wildman–Crippen LogP) is 6.80. The lowest BCUT2D eigenvalue weighted by Gasteiger charge is -2.32. The molecular weight excluding hydrogens is 376 g/mol. The Hall–Kier alpha value is -1.06. The summed E-state index contributed by atoms with van der Waals surface area (Å²) >= 11 is 0. The highest BCUT2D eigenvalue weighted by molar-refractivity contribution is 5.82. The van der Waals surface area contributed by atoms with Crippen molar-refractivity contribution < 1.29 is 19.1 Å². The van der Waals surface area contributed by atoms with E-state index in [1.807, 2.05) is 0 Å². The van der Waals surface area contributed by atoms with Crippen molar-refractivity contribution in [1.82, 2.24) is 0 Å². The van der Waals surface area contributed by atoms with Gasteiger partial charge in [0.2, 0.25) is 0 Å². The molecule has 0 aromatic rings. The van der Waals surface area contributed by atoms with Gasteiger partial charge >= 0.3 is 11.9 Å². The van der Waals surface area contributed by atoms with Crippen molar-refractivity contribution in [3.05, 3.63) is 0 Å². The summed E-state index contributed by atoms with van der Waals surface area (Å²) in [6.45, 7) is 17.3.